The number of imidazole rings is 1. The average Bonchev–Trinajstić information content (AvgIpc) is 3.12. The molecular weight excluding hydrogens is 296 g/mol. The molecule has 0 spiro atoms. The van der Waals surface area contributed by atoms with Gasteiger partial charge in [-0.2, -0.15) is 0 Å². The van der Waals surface area contributed by atoms with E-state index < -0.39 is 0 Å². The first-order valence-corrected chi connectivity index (χ1v) is 9.44. The maximum Gasteiger partial charge on any atom is 0.0945 e. The molecule has 2 aromatic rings. The predicted molar refractivity (Wildman–Crippen MR) is 94.1 cm³/mol. The number of nitrogens with zero attached hydrogens (tertiary/aromatic N) is 2. The fraction of sp³-hybridized carbons (Fsp3) is 0.471. The molecule has 0 N–H and O–H groups in total. The molecule has 0 aliphatic carbocycles. The van der Waals surface area contributed by atoms with Crippen LogP contribution in [0.15, 0.2) is 36.9 Å². The van der Waals surface area contributed by atoms with Crippen LogP contribution in [0.5, 0.6) is 0 Å². The Morgan fingerprint density at radius 2 is 2.05 bits per heavy atom. The number of rotatable bonds is 5. The number of aryl methyl sites for hydroxylation is 3. The maximum absolute atomic E-state index is 4.15. The first kappa shape index (κ1) is 15.0. The molecule has 0 saturated carbocycles. The van der Waals surface area contributed by atoms with Crippen LogP contribution in [0.1, 0.15) is 23.1 Å². The largest absolute Gasteiger partial charge is 0.337 e. The molecule has 0 amide bonds. The maximum atomic E-state index is 4.15. The van der Waals surface area contributed by atoms with E-state index in [-0.39, 0.29) is 0 Å². The smallest absolute Gasteiger partial charge is 0.0945 e. The van der Waals surface area contributed by atoms with Gasteiger partial charge in [-0.25, -0.2) is 4.98 Å². The Balaban J connectivity index is 1.74. The zero-order valence-electron chi connectivity index (χ0n) is 12.7. The van der Waals surface area contributed by atoms with Crippen LogP contribution in [-0.2, 0) is 13.0 Å². The van der Waals surface area contributed by atoms with Crippen LogP contribution in [0, 0.1) is 13.8 Å². The minimum Gasteiger partial charge on any atom is -0.337 e. The second-order valence-electron chi connectivity index (χ2n) is 5.76. The topological polar surface area (TPSA) is 17.8 Å². The Kier molecular flexibility index (Phi) is 4.65. The number of thioether (sulfide) groups is 2. The van der Waals surface area contributed by atoms with Gasteiger partial charge in [-0.15, -0.1) is 23.5 Å². The van der Waals surface area contributed by atoms with Gasteiger partial charge in [-0.1, -0.05) is 23.8 Å². The predicted octanol–water partition coefficient (Wildman–Crippen LogP) is 4.31. The highest BCUT2D eigenvalue weighted by Gasteiger charge is 2.35. The summed E-state index contributed by atoms with van der Waals surface area (Å²) in [6.07, 6.45) is 8.23. The molecule has 1 saturated heterocycles. The lowest BCUT2D eigenvalue weighted by atomic mass is 10.00. The Morgan fingerprint density at radius 3 is 2.71 bits per heavy atom. The van der Waals surface area contributed by atoms with Gasteiger partial charge in [0.1, 0.15) is 0 Å². The van der Waals surface area contributed by atoms with Crippen LogP contribution < -0.4 is 0 Å². The zero-order valence-corrected chi connectivity index (χ0v) is 14.3. The summed E-state index contributed by atoms with van der Waals surface area (Å²) < 4.78 is 2.54. The summed E-state index contributed by atoms with van der Waals surface area (Å²) in [7, 11) is 0. The number of benzene rings is 1. The lowest BCUT2D eigenvalue weighted by Gasteiger charge is -2.28. The van der Waals surface area contributed by atoms with Gasteiger partial charge in [0.15, 0.2) is 0 Å². The molecule has 0 unspecified atom stereocenters. The Labute approximate surface area is 135 Å². The molecule has 112 valence electrons. The van der Waals surface area contributed by atoms with Gasteiger partial charge in [0.2, 0.25) is 0 Å². The lowest BCUT2D eigenvalue weighted by molar-refractivity contribution is 0.597. The highest BCUT2D eigenvalue weighted by atomic mass is 32.2. The third-order valence-electron chi connectivity index (χ3n) is 4.08. The van der Waals surface area contributed by atoms with E-state index in [2.05, 4.69) is 71.3 Å². The quantitative estimate of drug-likeness (QED) is 0.818. The fourth-order valence-electron chi connectivity index (χ4n) is 2.88. The van der Waals surface area contributed by atoms with Crippen LogP contribution in [0.25, 0.3) is 0 Å². The first-order valence-electron chi connectivity index (χ1n) is 7.47. The highest BCUT2D eigenvalue weighted by molar-refractivity contribution is 8.21. The third kappa shape index (κ3) is 3.67. The number of aromatic nitrogens is 2. The van der Waals surface area contributed by atoms with Gasteiger partial charge in [-0.05, 0) is 37.8 Å². The molecule has 0 atom stereocenters. The van der Waals surface area contributed by atoms with Crippen molar-refractivity contribution in [1.29, 1.82) is 0 Å². The summed E-state index contributed by atoms with van der Waals surface area (Å²) in [6, 6.07) is 6.88. The van der Waals surface area contributed by atoms with Crippen molar-refractivity contribution < 1.29 is 0 Å². The van der Waals surface area contributed by atoms with Crippen molar-refractivity contribution in [3.8, 4) is 0 Å². The average molecular weight is 319 g/mol. The van der Waals surface area contributed by atoms with Crippen molar-refractivity contribution in [3.05, 3.63) is 53.6 Å². The van der Waals surface area contributed by atoms with Gasteiger partial charge in [0.25, 0.3) is 0 Å². The molecule has 0 radical (unpaired) electrons. The van der Waals surface area contributed by atoms with Crippen molar-refractivity contribution in [1.82, 2.24) is 9.55 Å². The standard InChI is InChI=1S/C17H22N2S2/c1-14-3-4-16(15(2)11-14)12-17(20-9-10-21-17)5-7-19-8-6-18-13-19/h3-4,6,8,11,13H,5,7,9-10,12H2,1-2H3. The van der Waals surface area contributed by atoms with E-state index in [1.807, 2.05) is 12.5 Å². The van der Waals surface area contributed by atoms with Crippen LogP contribution in [-0.4, -0.2) is 25.1 Å². The molecule has 1 fully saturated rings. The summed E-state index contributed by atoms with van der Waals surface area (Å²) in [5, 5.41) is 0. The van der Waals surface area contributed by atoms with E-state index in [0.717, 1.165) is 6.54 Å². The molecular formula is C17H22N2S2. The second kappa shape index (κ2) is 6.49. The van der Waals surface area contributed by atoms with Gasteiger partial charge in [-0.3, -0.25) is 0 Å². The Morgan fingerprint density at radius 1 is 1.24 bits per heavy atom. The van der Waals surface area contributed by atoms with E-state index >= 15 is 0 Å². The molecule has 4 heteroatoms. The van der Waals surface area contributed by atoms with Gasteiger partial charge in [0, 0.05) is 30.4 Å². The first-order chi connectivity index (χ1) is 10.2. The minimum atomic E-state index is 0.338. The Bertz CT molecular complexity index is 587. The fourth-order valence-corrected chi connectivity index (χ4v) is 6.11. The van der Waals surface area contributed by atoms with Crippen LogP contribution >= 0.6 is 23.5 Å². The van der Waals surface area contributed by atoms with E-state index in [4.69, 9.17) is 0 Å². The van der Waals surface area contributed by atoms with Gasteiger partial charge >= 0.3 is 0 Å². The summed E-state index contributed by atoms with van der Waals surface area (Å²) in [5.41, 5.74) is 4.30. The minimum absolute atomic E-state index is 0.338. The van der Waals surface area contributed by atoms with E-state index in [9.17, 15) is 0 Å². The van der Waals surface area contributed by atoms with Crippen molar-refractivity contribution in [2.75, 3.05) is 11.5 Å². The van der Waals surface area contributed by atoms with Crippen molar-refractivity contribution in [3.63, 3.8) is 0 Å². The van der Waals surface area contributed by atoms with Crippen molar-refractivity contribution >= 4 is 23.5 Å². The normalized spacial score (nSPS) is 17.2. The molecule has 21 heavy (non-hydrogen) atoms. The Hall–Kier alpha value is -0.870. The SMILES string of the molecule is Cc1ccc(CC2(CCn3ccnc3)SCCS2)c(C)c1. The van der Waals surface area contributed by atoms with E-state index in [1.165, 1.54) is 41.0 Å². The number of hydrogen-bond donors (Lipinski definition) is 0. The van der Waals surface area contributed by atoms with E-state index in [0.29, 0.717) is 4.08 Å². The molecule has 1 aliphatic heterocycles. The van der Waals surface area contributed by atoms with Gasteiger partial charge < -0.3 is 4.57 Å². The third-order valence-corrected chi connectivity index (χ3v) is 7.61. The van der Waals surface area contributed by atoms with Gasteiger partial charge in [0.05, 0.1) is 10.4 Å². The summed E-state index contributed by atoms with van der Waals surface area (Å²) in [6.45, 7) is 5.48. The molecule has 3 rings (SSSR count). The highest BCUT2D eigenvalue weighted by Crippen LogP contribution is 2.49. The summed E-state index contributed by atoms with van der Waals surface area (Å²) >= 11 is 4.30. The molecule has 1 aromatic heterocycles. The molecule has 0 bridgehead atoms. The van der Waals surface area contributed by atoms with Crippen LogP contribution in [0.4, 0.5) is 0 Å². The summed E-state index contributed by atoms with van der Waals surface area (Å²) in [5.74, 6) is 2.55. The van der Waals surface area contributed by atoms with Crippen LogP contribution in [0.3, 0.4) is 0 Å². The zero-order chi connectivity index (χ0) is 14.7. The molecule has 2 heterocycles. The second-order valence-corrected chi connectivity index (χ2v) is 8.98. The molecule has 2 nitrogen and oxygen atoms in total. The number of hydrogen-bond acceptors (Lipinski definition) is 3. The van der Waals surface area contributed by atoms with Crippen LogP contribution in [0.2, 0.25) is 0 Å². The molecule has 1 aliphatic rings. The lowest BCUT2D eigenvalue weighted by Crippen LogP contribution is -2.23. The van der Waals surface area contributed by atoms with Crippen molar-refractivity contribution in [2.45, 2.75) is 37.3 Å². The molecule has 1 aromatic carbocycles. The summed E-state index contributed by atoms with van der Waals surface area (Å²) in [4.78, 5) is 4.15. The van der Waals surface area contributed by atoms with Crippen molar-refractivity contribution in [2.24, 2.45) is 0 Å². The van der Waals surface area contributed by atoms with E-state index in [1.54, 1.807) is 0 Å². The monoisotopic (exact) mass is 318 g/mol.